The normalized spacial score (nSPS) is 19.0. The lowest BCUT2D eigenvalue weighted by Crippen LogP contribution is -2.45. The number of nitrogens with one attached hydrogen (secondary N) is 1. The number of hydrogen-bond acceptors (Lipinski definition) is 4. The molecule has 5 nitrogen and oxygen atoms in total. The zero-order valence-corrected chi connectivity index (χ0v) is 16.5. The number of benzene rings is 2. The Bertz CT molecular complexity index is 927. The molecule has 2 aromatic carbocycles. The molecule has 0 aromatic heterocycles. The van der Waals surface area contributed by atoms with Gasteiger partial charge in [-0.2, -0.15) is 0 Å². The van der Waals surface area contributed by atoms with Crippen LogP contribution in [0.5, 0.6) is 0 Å². The van der Waals surface area contributed by atoms with Crippen LogP contribution in [-0.2, 0) is 14.6 Å². The van der Waals surface area contributed by atoms with Crippen LogP contribution in [0.2, 0.25) is 5.02 Å². The second-order valence-electron chi connectivity index (χ2n) is 6.48. The van der Waals surface area contributed by atoms with Gasteiger partial charge in [0.2, 0.25) is 5.91 Å². The molecule has 2 aromatic rings. The van der Waals surface area contributed by atoms with Gasteiger partial charge in [-0.1, -0.05) is 41.9 Å². The Morgan fingerprint density at radius 3 is 2.44 bits per heavy atom. The van der Waals surface area contributed by atoms with Gasteiger partial charge in [0.15, 0.2) is 9.84 Å². The summed E-state index contributed by atoms with van der Waals surface area (Å²) < 4.78 is 23.7. The Morgan fingerprint density at radius 1 is 1.19 bits per heavy atom. The minimum atomic E-state index is -3.27. The molecule has 1 aliphatic heterocycles. The van der Waals surface area contributed by atoms with Crippen molar-refractivity contribution < 1.29 is 13.2 Å². The molecule has 0 saturated carbocycles. The number of para-hydroxylation sites is 1. The maximum Gasteiger partial charge on any atom is 0.241 e. The molecule has 1 aliphatic rings. The molecule has 1 heterocycles. The first-order valence-electron chi connectivity index (χ1n) is 8.63. The average molecular weight is 405 g/mol. The number of sulfone groups is 1. The molecule has 27 heavy (non-hydrogen) atoms. The zero-order valence-electron chi connectivity index (χ0n) is 14.9. The number of anilines is 1. The van der Waals surface area contributed by atoms with E-state index >= 15 is 0 Å². The molecule has 142 valence electrons. The second-order valence-corrected chi connectivity index (χ2v) is 8.85. The molecule has 2 atom stereocenters. The smallest absolute Gasteiger partial charge is 0.241 e. The Balaban J connectivity index is 1.73. The SMILES string of the molecule is C[C@H](NCC(=O)N(c1ccccc1)[C@@H]1C=CS(=O)(=O)C1)c1ccc(Cl)cc1. The van der Waals surface area contributed by atoms with Crippen molar-refractivity contribution in [1.29, 1.82) is 0 Å². The third-order valence-electron chi connectivity index (χ3n) is 4.48. The van der Waals surface area contributed by atoms with Crippen LogP contribution in [0, 0.1) is 0 Å². The summed E-state index contributed by atoms with van der Waals surface area (Å²) in [6.45, 7) is 2.05. The average Bonchev–Trinajstić information content (AvgIpc) is 3.00. The van der Waals surface area contributed by atoms with Gasteiger partial charge in [0.05, 0.1) is 18.3 Å². The maximum absolute atomic E-state index is 12.9. The quantitative estimate of drug-likeness (QED) is 0.801. The molecule has 3 rings (SSSR count). The minimum Gasteiger partial charge on any atom is -0.303 e. The van der Waals surface area contributed by atoms with Gasteiger partial charge in [0.1, 0.15) is 0 Å². The number of hydrogen-bond donors (Lipinski definition) is 1. The highest BCUT2D eigenvalue weighted by molar-refractivity contribution is 7.94. The maximum atomic E-state index is 12.9. The summed E-state index contributed by atoms with van der Waals surface area (Å²) in [5.74, 6) is -0.283. The summed E-state index contributed by atoms with van der Waals surface area (Å²) in [5.41, 5.74) is 1.69. The lowest BCUT2D eigenvalue weighted by atomic mass is 10.1. The van der Waals surface area contributed by atoms with Crippen molar-refractivity contribution in [1.82, 2.24) is 5.32 Å². The van der Waals surface area contributed by atoms with Gasteiger partial charge >= 0.3 is 0 Å². The van der Waals surface area contributed by atoms with Gasteiger partial charge in [0.25, 0.3) is 0 Å². The van der Waals surface area contributed by atoms with Crippen molar-refractivity contribution in [2.24, 2.45) is 0 Å². The Labute approximate surface area is 164 Å². The monoisotopic (exact) mass is 404 g/mol. The van der Waals surface area contributed by atoms with Gasteiger partial charge in [-0.3, -0.25) is 4.79 Å². The predicted octanol–water partition coefficient (Wildman–Crippen LogP) is 3.33. The molecule has 0 unspecified atom stereocenters. The van der Waals surface area contributed by atoms with Crippen LogP contribution in [0.3, 0.4) is 0 Å². The summed E-state index contributed by atoms with van der Waals surface area (Å²) in [4.78, 5) is 14.5. The largest absolute Gasteiger partial charge is 0.303 e. The predicted molar refractivity (Wildman–Crippen MR) is 109 cm³/mol. The van der Waals surface area contributed by atoms with E-state index in [1.807, 2.05) is 37.3 Å². The minimum absolute atomic E-state index is 0.0494. The first kappa shape index (κ1) is 19.6. The zero-order chi connectivity index (χ0) is 19.4. The van der Waals surface area contributed by atoms with Crippen LogP contribution in [0.15, 0.2) is 66.1 Å². The number of halogens is 1. The molecule has 7 heteroatoms. The van der Waals surface area contributed by atoms with Crippen LogP contribution >= 0.6 is 11.6 Å². The number of carbonyl (C=O) groups excluding carboxylic acids is 1. The Hall–Kier alpha value is -2.15. The third-order valence-corrected chi connectivity index (χ3v) is 6.11. The van der Waals surface area contributed by atoms with Crippen LogP contribution in [0.4, 0.5) is 5.69 Å². The van der Waals surface area contributed by atoms with E-state index in [-0.39, 0.29) is 24.2 Å². The molecule has 1 N–H and O–H groups in total. The van der Waals surface area contributed by atoms with Crippen molar-refractivity contribution in [3.05, 3.63) is 76.7 Å². The number of amides is 1. The van der Waals surface area contributed by atoms with E-state index in [1.54, 1.807) is 35.2 Å². The highest BCUT2D eigenvalue weighted by Gasteiger charge is 2.31. The van der Waals surface area contributed by atoms with Gasteiger partial charge < -0.3 is 10.2 Å². The van der Waals surface area contributed by atoms with E-state index in [4.69, 9.17) is 11.6 Å². The molecular formula is C20H21ClN2O3S. The molecule has 0 spiro atoms. The Kier molecular flexibility index (Phi) is 5.99. The highest BCUT2D eigenvalue weighted by Crippen LogP contribution is 2.23. The van der Waals surface area contributed by atoms with Crippen LogP contribution in [0.25, 0.3) is 0 Å². The summed E-state index contributed by atoms with van der Waals surface area (Å²) in [5, 5.41) is 5.05. The van der Waals surface area contributed by atoms with Crippen molar-refractivity contribution >= 4 is 33.0 Å². The topological polar surface area (TPSA) is 66.5 Å². The van der Waals surface area contributed by atoms with Crippen molar-refractivity contribution in [2.45, 2.75) is 19.0 Å². The Morgan fingerprint density at radius 2 is 1.85 bits per heavy atom. The van der Waals surface area contributed by atoms with Crippen molar-refractivity contribution in [3.8, 4) is 0 Å². The standard InChI is InChI=1S/C20H21ClN2O3S/c1-15(16-7-9-17(21)10-8-16)22-13-20(24)23(18-5-3-2-4-6-18)19-11-12-27(25,26)14-19/h2-12,15,19,22H,13-14H2,1H3/t15-,19+/m0/s1. The van der Waals surface area contributed by atoms with Gasteiger partial charge in [-0.15, -0.1) is 0 Å². The molecule has 0 saturated heterocycles. The molecule has 0 aliphatic carbocycles. The second kappa shape index (κ2) is 8.25. The van der Waals surface area contributed by atoms with Crippen LogP contribution < -0.4 is 10.2 Å². The lowest BCUT2D eigenvalue weighted by Gasteiger charge is -2.28. The summed E-state index contributed by atoms with van der Waals surface area (Å²) >= 11 is 5.91. The van der Waals surface area contributed by atoms with Crippen LogP contribution in [0.1, 0.15) is 18.5 Å². The summed E-state index contributed by atoms with van der Waals surface area (Å²) in [7, 11) is -3.27. The van der Waals surface area contributed by atoms with Gasteiger partial charge in [-0.25, -0.2) is 8.42 Å². The first-order chi connectivity index (χ1) is 12.9. The van der Waals surface area contributed by atoms with Crippen molar-refractivity contribution in [2.75, 3.05) is 17.2 Å². The van der Waals surface area contributed by atoms with E-state index in [9.17, 15) is 13.2 Å². The number of rotatable bonds is 6. The first-order valence-corrected chi connectivity index (χ1v) is 10.7. The van der Waals surface area contributed by atoms with Crippen LogP contribution in [-0.4, -0.2) is 32.7 Å². The fourth-order valence-electron chi connectivity index (χ4n) is 3.02. The van der Waals surface area contributed by atoms with Gasteiger partial charge in [0, 0.05) is 22.2 Å². The van der Waals surface area contributed by atoms with Crippen molar-refractivity contribution in [3.63, 3.8) is 0 Å². The lowest BCUT2D eigenvalue weighted by molar-refractivity contribution is -0.118. The highest BCUT2D eigenvalue weighted by atomic mass is 35.5. The summed E-state index contributed by atoms with van der Waals surface area (Å²) in [6.07, 6.45) is 1.57. The fourth-order valence-corrected chi connectivity index (χ4v) is 4.42. The van der Waals surface area contributed by atoms with E-state index in [1.165, 1.54) is 5.41 Å². The van der Waals surface area contributed by atoms with E-state index < -0.39 is 15.9 Å². The van der Waals surface area contributed by atoms with E-state index in [0.717, 1.165) is 5.56 Å². The molecule has 0 fully saturated rings. The summed E-state index contributed by atoms with van der Waals surface area (Å²) in [6, 6.07) is 16.0. The fraction of sp³-hybridized carbons (Fsp3) is 0.250. The third kappa shape index (κ3) is 4.97. The molecule has 0 bridgehead atoms. The molecule has 0 radical (unpaired) electrons. The molecular weight excluding hydrogens is 384 g/mol. The number of nitrogens with zero attached hydrogens (tertiary/aromatic N) is 1. The van der Waals surface area contributed by atoms with Gasteiger partial charge in [-0.05, 0) is 42.8 Å². The van der Waals surface area contributed by atoms with E-state index in [2.05, 4.69) is 5.32 Å². The van der Waals surface area contributed by atoms with E-state index in [0.29, 0.717) is 10.7 Å². The molecule has 1 amide bonds. The number of carbonyl (C=O) groups is 1.